The smallest absolute Gasteiger partial charge is 0.215 e. The van der Waals surface area contributed by atoms with Crippen LogP contribution in [0.3, 0.4) is 0 Å². The molecule has 1 N–H and O–H groups in total. The van der Waals surface area contributed by atoms with Gasteiger partial charge in [0.15, 0.2) is 0 Å². The SMILES string of the molecule is CCc1cc(NCCS(=O)(=O)N2CCSCC2)nc(C)n1. The van der Waals surface area contributed by atoms with Gasteiger partial charge in [0.2, 0.25) is 10.0 Å². The fraction of sp³-hybridized carbons (Fsp3) is 0.692. The maximum absolute atomic E-state index is 12.2. The third kappa shape index (κ3) is 4.82. The summed E-state index contributed by atoms with van der Waals surface area (Å²) in [4.78, 5) is 8.58. The van der Waals surface area contributed by atoms with Crippen LogP contribution >= 0.6 is 11.8 Å². The first kappa shape index (κ1) is 16.5. The van der Waals surface area contributed by atoms with Crippen molar-refractivity contribution in [2.24, 2.45) is 0 Å². The lowest BCUT2D eigenvalue weighted by atomic mass is 10.3. The van der Waals surface area contributed by atoms with E-state index in [-0.39, 0.29) is 5.75 Å². The first-order valence-electron chi connectivity index (χ1n) is 7.15. The van der Waals surface area contributed by atoms with Gasteiger partial charge in [-0.05, 0) is 13.3 Å². The van der Waals surface area contributed by atoms with E-state index in [1.807, 2.05) is 19.9 Å². The Kier molecular flexibility index (Phi) is 5.83. The molecule has 2 rings (SSSR count). The van der Waals surface area contributed by atoms with Crippen LogP contribution in [0.2, 0.25) is 0 Å². The molecule has 21 heavy (non-hydrogen) atoms. The first-order valence-corrected chi connectivity index (χ1v) is 9.91. The third-order valence-electron chi connectivity index (χ3n) is 3.28. The van der Waals surface area contributed by atoms with Crippen LogP contribution in [0, 0.1) is 6.92 Å². The summed E-state index contributed by atoms with van der Waals surface area (Å²) >= 11 is 1.80. The van der Waals surface area contributed by atoms with E-state index in [1.165, 1.54) is 0 Å². The molecule has 0 spiro atoms. The third-order valence-corrected chi connectivity index (χ3v) is 6.10. The number of hydrogen-bond acceptors (Lipinski definition) is 6. The van der Waals surface area contributed by atoms with Crippen molar-refractivity contribution in [2.45, 2.75) is 20.3 Å². The molecule has 0 aliphatic carbocycles. The molecule has 1 saturated heterocycles. The van der Waals surface area contributed by atoms with Gasteiger partial charge in [-0.3, -0.25) is 0 Å². The van der Waals surface area contributed by atoms with E-state index in [0.29, 0.717) is 31.3 Å². The predicted molar refractivity (Wildman–Crippen MR) is 87.3 cm³/mol. The molecule has 8 heteroatoms. The fourth-order valence-electron chi connectivity index (χ4n) is 2.16. The summed E-state index contributed by atoms with van der Waals surface area (Å²) in [5.74, 6) is 3.27. The molecule has 0 atom stereocenters. The highest BCUT2D eigenvalue weighted by molar-refractivity contribution is 7.99. The molecule has 1 aromatic heterocycles. The van der Waals surface area contributed by atoms with Crippen molar-refractivity contribution in [1.29, 1.82) is 0 Å². The predicted octanol–water partition coefficient (Wildman–Crippen LogP) is 1.14. The van der Waals surface area contributed by atoms with Crippen LogP contribution in [0.4, 0.5) is 5.82 Å². The Morgan fingerprint density at radius 2 is 2.05 bits per heavy atom. The Hall–Kier alpha value is -0.860. The van der Waals surface area contributed by atoms with E-state index in [0.717, 1.165) is 23.6 Å². The second kappa shape index (κ2) is 7.42. The van der Waals surface area contributed by atoms with E-state index < -0.39 is 10.0 Å². The number of hydrogen-bond donors (Lipinski definition) is 1. The number of aromatic nitrogens is 2. The van der Waals surface area contributed by atoms with Crippen molar-refractivity contribution >= 4 is 27.6 Å². The van der Waals surface area contributed by atoms with Crippen molar-refractivity contribution in [3.05, 3.63) is 17.6 Å². The minimum Gasteiger partial charge on any atom is -0.369 e. The van der Waals surface area contributed by atoms with Gasteiger partial charge in [0.25, 0.3) is 0 Å². The summed E-state index contributed by atoms with van der Waals surface area (Å²) in [6, 6.07) is 1.87. The van der Waals surface area contributed by atoms with Gasteiger partial charge >= 0.3 is 0 Å². The Labute approximate surface area is 130 Å². The largest absolute Gasteiger partial charge is 0.369 e. The zero-order valence-electron chi connectivity index (χ0n) is 12.5. The van der Waals surface area contributed by atoms with Gasteiger partial charge in [-0.15, -0.1) is 0 Å². The molecule has 0 unspecified atom stereocenters. The fourth-order valence-corrected chi connectivity index (χ4v) is 4.65. The molecular formula is C13H22N4O2S2. The van der Waals surface area contributed by atoms with Crippen LogP contribution in [0.25, 0.3) is 0 Å². The molecule has 1 aromatic rings. The van der Waals surface area contributed by atoms with E-state index >= 15 is 0 Å². The molecule has 0 amide bonds. The number of thioether (sulfide) groups is 1. The molecule has 0 aromatic carbocycles. The Bertz CT molecular complexity index is 572. The molecule has 6 nitrogen and oxygen atoms in total. The minimum atomic E-state index is -3.17. The maximum Gasteiger partial charge on any atom is 0.215 e. The van der Waals surface area contributed by atoms with Gasteiger partial charge in [-0.2, -0.15) is 11.8 Å². The van der Waals surface area contributed by atoms with E-state index in [4.69, 9.17) is 0 Å². The average molecular weight is 330 g/mol. The number of sulfonamides is 1. The number of rotatable bonds is 6. The van der Waals surface area contributed by atoms with Crippen molar-refractivity contribution in [3.63, 3.8) is 0 Å². The minimum absolute atomic E-state index is 0.0994. The molecule has 118 valence electrons. The van der Waals surface area contributed by atoms with Crippen molar-refractivity contribution in [1.82, 2.24) is 14.3 Å². The van der Waals surface area contributed by atoms with Gasteiger partial charge in [-0.1, -0.05) is 6.92 Å². The van der Waals surface area contributed by atoms with Crippen LogP contribution in [0.1, 0.15) is 18.4 Å². The lowest BCUT2D eigenvalue weighted by molar-refractivity contribution is 0.444. The van der Waals surface area contributed by atoms with Gasteiger partial charge in [0.05, 0.1) is 5.75 Å². The molecule has 0 radical (unpaired) electrons. The summed E-state index contributed by atoms with van der Waals surface area (Å²) in [7, 11) is -3.17. The number of nitrogens with zero attached hydrogens (tertiary/aromatic N) is 3. The molecule has 0 bridgehead atoms. The summed E-state index contributed by atoms with van der Waals surface area (Å²) in [6.07, 6.45) is 0.835. The number of anilines is 1. The molecular weight excluding hydrogens is 308 g/mol. The normalized spacial score (nSPS) is 16.9. The summed E-state index contributed by atoms with van der Waals surface area (Å²) < 4.78 is 26.0. The van der Waals surface area contributed by atoms with Crippen LogP contribution < -0.4 is 5.32 Å². The average Bonchev–Trinajstić information content (AvgIpc) is 2.47. The summed E-state index contributed by atoms with van der Waals surface area (Å²) in [6.45, 7) is 5.49. The van der Waals surface area contributed by atoms with Crippen LogP contribution in [-0.4, -0.2) is 59.6 Å². The highest BCUT2D eigenvalue weighted by Crippen LogP contribution is 2.13. The lowest BCUT2D eigenvalue weighted by Crippen LogP contribution is -2.40. The Balaban J connectivity index is 1.90. The van der Waals surface area contributed by atoms with Crippen LogP contribution in [0.5, 0.6) is 0 Å². The topological polar surface area (TPSA) is 75.2 Å². The Morgan fingerprint density at radius 3 is 2.71 bits per heavy atom. The van der Waals surface area contributed by atoms with E-state index in [2.05, 4.69) is 15.3 Å². The monoisotopic (exact) mass is 330 g/mol. The summed E-state index contributed by atoms with van der Waals surface area (Å²) in [5, 5.41) is 3.09. The van der Waals surface area contributed by atoms with Crippen LogP contribution in [-0.2, 0) is 16.4 Å². The van der Waals surface area contributed by atoms with Crippen molar-refractivity contribution < 1.29 is 8.42 Å². The molecule has 1 fully saturated rings. The van der Waals surface area contributed by atoms with Gasteiger partial charge < -0.3 is 5.32 Å². The number of nitrogens with one attached hydrogen (secondary N) is 1. The quantitative estimate of drug-likeness (QED) is 0.843. The van der Waals surface area contributed by atoms with Crippen molar-refractivity contribution in [3.8, 4) is 0 Å². The zero-order valence-corrected chi connectivity index (χ0v) is 14.1. The maximum atomic E-state index is 12.2. The molecule has 2 heterocycles. The lowest BCUT2D eigenvalue weighted by Gasteiger charge is -2.25. The highest BCUT2D eigenvalue weighted by atomic mass is 32.2. The first-order chi connectivity index (χ1) is 10.0. The Morgan fingerprint density at radius 1 is 1.33 bits per heavy atom. The van der Waals surface area contributed by atoms with Gasteiger partial charge in [0.1, 0.15) is 11.6 Å². The summed E-state index contributed by atoms with van der Waals surface area (Å²) in [5.41, 5.74) is 0.959. The van der Waals surface area contributed by atoms with Gasteiger partial charge in [0, 0.05) is 42.9 Å². The standard InChI is InChI=1S/C13H22N4O2S2/c1-3-12-10-13(16-11(2)15-12)14-4-9-21(18,19)17-5-7-20-8-6-17/h10H,3-9H2,1-2H3,(H,14,15,16). The second-order valence-electron chi connectivity index (χ2n) is 4.90. The number of aryl methyl sites for hydroxylation is 2. The van der Waals surface area contributed by atoms with Crippen LogP contribution in [0.15, 0.2) is 6.07 Å². The zero-order chi connectivity index (χ0) is 15.3. The second-order valence-corrected chi connectivity index (χ2v) is 8.21. The molecule has 1 aliphatic rings. The molecule has 0 saturated carbocycles. The van der Waals surface area contributed by atoms with E-state index in [1.54, 1.807) is 16.1 Å². The highest BCUT2D eigenvalue weighted by Gasteiger charge is 2.23. The van der Waals surface area contributed by atoms with Gasteiger partial charge in [-0.25, -0.2) is 22.7 Å². The molecule has 1 aliphatic heterocycles. The van der Waals surface area contributed by atoms with E-state index in [9.17, 15) is 8.42 Å². The van der Waals surface area contributed by atoms with Crippen molar-refractivity contribution in [2.75, 3.05) is 42.2 Å².